The van der Waals surface area contributed by atoms with Crippen molar-refractivity contribution < 1.29 is 9.59 Å². The van der Waals surface area contributed by atoms with Gasteiger partial charge in [0.15, 0.2) is 0 Å². The molecule has 1 saturated heterocycles. The number of thiol groups is 1. The average molecular weight is 215 g/mol. The fourth-order valence-corrected chi connectivity index (χ4v) is 1.70. The van der Waals surface area contributed by atoms with Crippen molar-refractivity contribution in [2.24, 2.45) is 11.3 Å². The van der Waals surface area contributed by atoms with Gasteiger partial charge in [0.25, 0.3) is 0 Å². The van der Waals surface area contributed by atoms with Crippen molar-refractivity contribution in [3.8, 4) is 0 Å². The highest BCUT2D eigenvalue weighted by Crippen LogP contribution is 2.31. The van der Waals surface area contributed by atoms with E-state index in [1.165, 1.54) is 4.90 Å². The van der Waals surface area contributed by atoms with Crippen molar-refractivity contribution >= 4 is 24.4 Å². The molecular weight excluding hydrogens is 198 g/mol. The Morgan fingerprint density at radius 2 is 2.07 bits per heavy atom. The summed E-state index contributed by atoms with van der Waals surface area (Å²) in [5.41, 5.74) is -0.507. The van der Waals surface area contributed by atoms with Gasteiger partial charge >= 0.3 is 0 Å². The van der Waals surface area contributed by atoms with Crippen LogP contribution in [0.4, 0.5) is 0 Å². The van der Waals surface area contributed by atoms with E-state index in [0.717, 1.165) is 0 Å². The molecule has 1 aliphatic heterocycles. The fourth-order valence-electron chi connectivity index (χ4n) is 1.58. The standard InChI is InChI=1S/C10H17NO2S/c1-7(6-14)5-11-8(12)4-10(2,3)9(11)13/h7,14H,4-6H2,1-3H3. The molecule has 0 aliphatic carbocycles. The van der Waals surface area contributed by atoms with E-state index in [4.69, 9.17) is 0 Å². The number of hydrogen-bond acceptors (Lipinski definition) is 3. The zero-order chi connectivity index (χ0) is 10.9. The average Bonchev–Trinajstić information content (AvgIpc) is 2.28. The minimum atomic E-state index is -0.507. The van der Waals surface area contributed by atoms with Crippen LogP contribution in [-0.4, -0.2) is 29.0 Å². The van der Waals surface area contributed by atoms with Crippen LogP contribution in [0.15, 0.2) is 0 Å². The molecule has 14 heavy (non-hydrogen) atoms. The minimum Gasteiger partial charge on any atom is -0.282 e. The van der Waals surface area contributed by atoms with Gasteiger partial charge < -0.3 is 0 Å². The molecule has 3 nitrogen and oxygen atoms in total. The lowest BCUT2D eigenvalue weighted by Crippen LogP contribution is -2.36. The summed E-state index contributed by atoms with van der Waals surface area (Å²) in [5, 5.41) is 0. The molecule has 0 aromatic rings. The zero-order valence-corrected chi connectivity index (χ0v) is 9.80. The van der Waals surface area contributed by atoms with Gasteiger partial charge in [-0.3, -0.25) is 14.5 Å². The van der Waals surface area contributed by atoms with Crippen LogP contribution in [0.5, 0.6) is 0 Å². The summed E-state index contributed by atoms with van der Waals surface area (Å²) in [6, 6.07) is 0. The molecule has 1 unspecified atom stereocenters. The Bertz CT molecular complexity index is 263. The van der Waals surface area contributed by atoms with Gasteiger partial charge in [-0.25, -0.2) is 0 Å². The molecule has 1 aliphatic rings. The van der Waals surface area contributed by atoms with E-state index >= 15 is 0 Å². The SMILES string of the molecule is CC(CS)CN1C(=O)CC(C)(C)C1=O. The second kappa shape index (κ2) is 3.93. The van der Waals surface area contributed by atoms with E-state index in [2.05, 4.69) is 12.6 Å². The molecular formula is C10H17NO2S. The summed E-state index contributed by atoms with van der Waals surface area (Å²) in [4.78, 5) is 24.7. The van der Waals surface area contributed by atoms with E-state index in [1.807, 2.05) is 20.8 Å². The molecule has 1 fully saturated rings. The molecule has 1 atom stereocenters. The highest BCUT2D eigenvalue weighted by Gasteiger charge is 2.44. The van der Waals surface area contributed by atoms with Crippen molar-refractivity contribution in [2.75, 3.05) is 12.3 Å². The molecule has 0 spiro atoms. The molecule has 0 N–H and O–H groups in total. The summed E-state index contributed by atoms with van der Waals surface area (Å²) in [7, 11) is 0. The second-order valence-electron chi connectivity index (χ2n) is 4.66. The van der Waals surface area contributed by atoms with Crippen LogP contribution < -0.4 is 0 Å². The van der Waals surface area contributed by atoms with Crippen LogP contribution >= 0.6 is 12.6 Å². The molecule has 0 aromatic carbocycles. The van der Waals surface area contributed by atoms with Crippen LogP contribution in [0.1, 0.15) is 27.2 Å². The van der Waals surface area contributed by atoms with Crippen molar-refractivity contribution in [1.82, 2.24) is 4.90 Å². The normalized spacial score (nSPS) is 23.0. The quantitative estimate of drug-likeness (QED) is 0.570. The van der Waals surface area contributed by atoms with Crippen LogP contribution in [0.3, 0.4) is 0 Å². The van der Waals surface area contributed by atoms with E-state index < -0.39 is 5.41 Å². The maximum Gasteiger partial charge on any atom is 0.235 e. The second-order valence-corrected chi connectivity index (χ2v) is 5.02. The molecule has 2 amide bonds. The van der Waals surface area contributed by atoms with Crippen LogP contribution in [0, 0.1) is 11.3 Å². The topological polar surface area (TPSA) is 37.4 Å². The minimum absolute atomic E-state index is 0.0452. The van der Waals surface area contributed by atoms with E-state index in [0.29, 0.717) is 18.7 Å². The van der Waals surface area contributed by atoms with Gasteiger partial charge in [-0.2, -0.15) is 12.6 Å². The number of likely N-dealkylation sites (tertiary alicyclic amines) is 1. The first-order valence-electron chi connectivity index (χ1n) is 4.84. The highest BCUT2D eigenvalue weighted by molar-refractivity contribution is 7.80. The lowest BCUT2D eigenvalue weighted by atomic mass is 9.92. The third kappa shape index (κ3) is 2.11. The maximum atomic E-state index is 11.8. The summed E-state index contributed by atoms with van der Waals surface area (Å²) >= 11 is 4.14. The molecule has 0 radical (unpaired) electrons. The monoisotopic (exact) mass is 215 g/mol. The molecule has 1 rings (SSSR count). The molecule has 0 bridgehead atoms. The van der Waals surface area contributed by atoms with Crippen LogP contribution in [0.2, 0.25) is 0 Å². The first-order chi connectivity index (χ1) is 6.38. The third-order valence-electron chi connectivity index (χ3n) is 2.52. The van der Waals surface area contributed by atoms with Gasteiger partial charge in [0.1, 0.15) is 0 Å². The predicted octanol–water partition coefficient (Wildman–Crippen LogP) is 1.34. The maximum absolute atomic E-state index is 11.8. The number of carbonyl (C=O) groups excluding carboxylic acids is 2. The smallest absolute Gasteiger partial charge is 0.235 e. The summed E-state index contributed by atoms with van der Waals surface area (Å²) in [6.45, 7) is 6.13. The summed E-state index contributed by atoms with van der Waals surface area (Å²) in [5.74, 6) is 0.863. The zero-order valence-electron chi connectivity index (χ0n) is 8.91. The Balaban J connectivity index is 2.71. The number of imide groups is 1. The molecule has 0 saturated carbocycles. The molecule has 80 valence electrons. The lowest BCUT2D eigenvalue weighted by molar-refractivity contribution is -0.141. The van der Waals surface area contributed by atoms with E-state index in [9.17, 15) is 9.59 Å². The molecule has 4 heteroatoms. The Kier molecular flexibility index (Phi) is 3.24. The van der Waals surface area contributed by atoms with Crippen molar-refractivity contribution in [3.05, 3.63) is 0 Å². The van der Waals surface area contributed by atoms with Crippen molar-refractivity contribution in [3.63, 3.8) is 0 Å². The summed E-state index contributed by atoms with van der Waals surface area (Å²) < 4.78 is 0. The van der Waals surface area contributed by atoms with Gasteiger partial charge in [0.2, 0.25) is 11.8 Å². The predicted molar refractivity (Wildman–Crippen MR) is 58.1 cm³/mol. The third-order valence-corrected chi connectivity index (χ3v) is 3.15. The van der Waals surface area contributed by atoms with Gasteiger partial charge in [-0.1, -0.05) is 20.8 Å². The number of nitrogens with zero attached hydrogens (tertiary/aromatic N) is 1. The van der Waals surface area contributed by atoms with Gasteiger partial charge in [0.05, 0.1) is 5.41 Å². The number of carbonyl (C=O) groups is 2. The van der Waals surface area contributed by atoms with E-state index in [-0.39, 0.29) is 17.7 Å². The Hall–Kier alpha value is -0.510. The van der Waals surface area contributed by atoms with Crippen LogP contribution in [0.25, 0.3) is 0 Å². The highest BCUT2D eigenvalue weighted by atomic mass is 32.1. The number of hydrogen-bond donors (Lipinski definition) is 1. The van der Waals surface area contributed by atoms with Gasteiger partial charge in [0, 0.05) is 13.0 Å². The first-order valence-corrected chi connectivity index (χ1v) is 5.47. The Morgan fingerprint density at radius 3 is 2.43 bits per heavy atom. The fraction of sp³-hybridized carbons (Fsp3) is 0.800. The number of rotatable bonds is 3. The van der Waals surface area contributed by atoms with Crippen molar-refractivity contribution in [1.29, 1.82) is 0 Å². The Morgan fingerprint density at radius 1 is 1.50 bits per heavy atom. The van der Waals surface area contributed by atoms with Crippen molar-refractivity contribution in [2.45, 2.75) is 27.2 Å². The molecule has 0 aromatic heterocycles. The van der Waals surface area contributed by atoms with Gasteiger partial charge in [-0.05, 0) is 11.7 Å². The van der Waals surface area contributed by atoms with Gasteiger partial charge in [-0.15, -0.1) is 0 Å². The first kappa shape index (κ1) is 11.6. The van der Waals surface area contributed by atoms with E-state index in [1.54, 1.807) is 0 Å². The lowest BCUT2D eigenvalue weighted by Gasteiger charge is -2.20. The molecule has 1 heterocycles. The number of amides is 2. The summed E-state index contributed by atoms with van der Waals surface area (Å²) in [6.07, 6.45) is 0.338. The largest absolute Gasteiger partial charge is 0.282 e. The Labute approximate surface area is 90.3 Å². The van der Waals surface area contributed by atoms with Crippen LogP contribution in [-0.2, 0) is 9.59 Å².